The van der Waals surface area contributed by atoms with Crippen molar-refractivity contribution in [3.8, 4) is 0 Å². The lowest BCUT2D eigenvalue weighted by Gasteiger charge is -2.17. The Bertz CT molecular complexity index is 450. The van der Waals surface area contributed by atoms with Crippen LogP contribution in [0, 0.1) is 0 Å². The highest BCUT2D eigenvalue weighted by Gasteiger charge is 2.11. The van der Waals surface area contributed by atoms with Crippen molar-refractivity contribution < 1.29 is 0 Å². The van der Waals surface area contributed by atoms with Crippen molar-refractivity contribution >= 4 is 5.69 Å². The van der Waals surface area contributed by atoms with Gasteiger partial charge in [0.05, 0.1) is 0 Å². The van der Waals surface area contributed by atoms with Crippen LogP contribution < -0.4 is 5.73 Å². The van der Waals surface area contributed by atoms with Crippen molar-refractivity contribution in [1.82, 2.24) is 0 Å². The molecule has 0 saturated carbocycles. The van der Waals surface area contributed by atoms with Gasteiger partial charge in [0.2, 0.25) is 0 Å². The fourth-order valence-electron chi connectivity index (χ4n) is 3.72. The topological polar surface area (TPSA) is 26.0 Å². The average molecular weight is 346 g/mol. The van der Waals surface area contributed by atoms with Crippen molar-refractivity contribution in [2.75, 3.05) is 5.73 Å². The van der Waals surface area contributed by atoms with Gasteiger partial charge in [-0.3, -0.25) is 0 Å². The molecule has 0 amide bonds. The predicted molar refractivity (Wildman–Crippen MR) is 114 cm³/mol. The summed E-state index contributed by atoms with van der Waals surface area (Å²) >= 11 is 0. The number of aryl methyl sites for hydroxylation is 2. The van der Waals surface area contributed by atoms with Gasteiger partial charge in [0.15, 0.2) is 0 Å². The number of nitrogens with two attached hydrogens (primary N) is 1. The Hall–Kier alpha value is -0.980. The number of benzene rings is 1. The van der Waals surface area contributed by atoms with Crippen LogP contribution >= 0.6 is 0 Å². The molecule has 1 aromatic carbocycles. The molecule has 1 aromatic rings. The Morgan fingerprint density at radius 2 is 1.00 bits per heavy atom. The molecule has 25 heavy (non-hydrogen) atoms. The van der Waals surface area contributed by atoms with Crippen molar-refractivity contribution in [2.45, 2.75) is 117 Å². The van der Waals surface area contributed by atoms with E-state index in [1.165, 1.54) is 107 Å². The van der Waals surface area contributed by atoms with Crippen molar-refractivity contribution in [3.63, 3.8) is 0 Å². The fourth-order valence-corrected chi connectivity index (χ4v) is 3.72. The molecule has 1 nitrogen and oxygen atoms in total. The van der Waals surface area contributed by atoms with Crippen LogP contribution in [0.5, 0.6) is 0 Å². The van der Waals surface area contributed by atoms with E-state index in [9.17, 15) is 0 Å². The summed E-state index contributed by atoms with van der Waals surface area (Å²) in [7, 11) is 0. The van der Waals surface area contributed by atoms with E-state index in [2.05, 4.69) is 32.9 Å². The zero-order chi connectivity index (χ0) is 18.3. The maximum absolute atomic E-state index is 6.64. The SMILES string of the molecule is CCCCCCc1ccc(CCCCCC)c(CCCCCC)c1N. The summed E-state index contributed by atoms with van der Waals surface area (Å²) < 4.78 is 0. The molecular weight excluding hydrogens is 302 g/mol. The lowest BCUT2D eigenvalue weighted by molar-refractivity contribution is 0.649. The molecule has 0 saturated heterocycles. The van der Waals surface area contributed by atoms with Crippen LogP contribution in [0.25, 0.3) is 0 Å². The number of rotatable bonds is 15. The van der Waals surface area contributed by atoms with E-state index < -0.39 is 0 Å². The van der Waals surface area contributed by atoms with Crippen LogP contribution in [0.4, 0.5) is 5.69 Å². The third-order valence-corrected chi connectivity index (χ3v) is 5.42. The number of anilines is 1. The zero-order valence-corrected chi connectivity index (χ0v) is 17.3. The number of unbranched alkanes of at least 4 members (excludes halogenated alkanes) is 9. The van der Waals surface area contributed by atoms with Crippen LogP contribution in [0.15, 0.2) is 12.1 Å². The van der Waals surface area contributed by atoms with Crippen molar-refractivity contribution in [3.05, 3.63) is 28.8 Å². The second kappa shape index (κ2) is 14.2. The van der Waals surface area contributed by atoms with E-state index in [0.717, 1.165) is 12.1 Å². The van der Waals surface area contributed by atoms with Crippen LogP contribution in [-0.4, -0.2) is 0 Å². The minimum Gasteiger partial charge on any atom is -0.398 e. The monoisotopic (exact) mass is 345 g/mol. The molecule has 0 aromatic heterocycles. The van der Waals surface area contributed by atoms with E-state index in [0.29, 0.717) is 0 Å². The summed E-state index contributed by atoms with van der Waals surface area (Å²) in [4.78, 5) is 0. The Kier molecular flexibility index (Phi) is 12.5. The summed E-state index contributed by atoms with van der Waals surface area (Å²) in [6.45, 7) is 6.84. The van der Waals surface area contributed by atoms with Gasteiger partial charge in [0.1, 0.15) is 0 Å². The summed E-state index contributed by atoms with van der Waals surface area (Å²) in [5.74, 6) is 0. The maximum Gasteiger partial charge on any atom is 0.0381 e. The first-order chi connectivity index (χ1) is 12.2. The molecule has 0 unspecified atom stereocenters. The molecule has 1 heteroatoms. The maximum atomic E-state index is 6.64. The Balaban J connectivity index is 2.74. The smallest absolute Gasteiger partial charge is 0.0381 e. The Morgan fingerprint density at radius 1 is 0.560 bits per heavy atom. The molecule has 1 rings (SSSR count). The molecule has 0 radical (unpaired) electrons. The summed E-state index contributed by atoms with van der Waals surface area (Å²) in [5, 5.41) is 0. The summed E-state index contributed by atoms with van der Waals surface area (Å²) in [5.41, 5.74) is 12.2. The highest BCUT2D eigenvalue weighted by Crippen LogP contribution is 2.27. The predicted octanol–water partition coefficient (Wildman–Crippen LogP) is 7.64. The van der Waals surface area contributed by atoms with Gasteiger partial charge in [-0.25, -0.2) is 0 Å². The molecule has 0 heterocycles. The fraction of sp³-hybridized carbons (Fsp3) is 0.750. The van der Waals surface area contributed by atoms with Gasteiger partial charge in [-0.15, -0.1) is 0 Å². The molecular formula is C24H43N. The van der Waals surface area contributed by atoms with Gasteiger partial charge >= 0.3 is 0 Å². The minimum absolute atomic E-state index is 1.13. The van der Waals surface area contributed by atoms with E-state index in [1.54, 1.807) is 0 Å². The van der Waals surface area contributed by atoms with Crippen molar-refractivity contribution in [1.29, 1.82) is 0 Å². The lowest BCUT2D eigenvalue weighted by Crippen LogP contribution is -2.05. The van der Waals surface area contributed by atoms with Gasteiger partial charge < -0.3 is 5.73 Å². The molecule has 144 valence electrons. The molecule has 0 fully saturated rings. The molecule has 0 bridgehead atoms. The third kappa shape index (κ3) is 8.79. The molecule has 0 aliphatic carbocycles. The van der Waals surface area contributed by atoms with Crippen LogP contribution in [-0.2, 0) is 19.3 Å². The van der Waals surface area contributed by atoms with E-state index in [-0.39, 0.29) is 0 Å². The standard InChI is InChI=1S/C24H43N/c1-4-7-10-13-16-21-19-20-22(17-14-11-8-5-2)24(25)23(21)18-15-12-9-6-3/h19-20H,4-18,25H2,1-3H3. The molecule has 0 spiro atoms. The second-order valence-corrected chi connectivity index (χ2v) is 7.71. The van der Waals surface area contributed by atoms with Crippen molar-refractivity contribution in [2.24, 2.45) is 0 Å². The van der Waals surface area contributed by atoms with Gasteiger partial charge in [0, 0.05) is 5.69 Å². The Morgan fingerprint density at radius 3 is 1.52 bits per heavy atom. The van der Waals surface area contributed by atoms with Gasteiger partial charge in [-0.05, 0) is 55.2 Å². The molecule has 2 N–H and O–H groups in total. The van der Waals surface area contributed by atoms with E-state index in [4.69, 9.17) is 5.73 Å². The van der Waals surface area contributed by atoms with E-state index >= 15 is 0 Å². The average Bonchev–Trinajstić information content (AvgIpc) is 2.62. The number of hydrogen-bond donors (Lipinski definition) is 1. The molecule has 0 aliphatic rings. The number of nitrogen functional groups attached to an aromatic ring is 1. The highest BCUT2D eigenvalue weighted by atomic mass is 14.6. The summed E-state index contributed by atoms with van der Waals surface area (Å²) in [6.07, 6.45) is 19.4. The van der Waals surface area contributed by atoms with Gasteiger partial charge in [0.25, 0.3) is 0 Å². The number of hydrogen-bond acceptors (Lipinski definition) is 1. The largest absolute Gasteiger partial charge is 0.398 e. The second-order valence-electron chi connectivity index (χ2n) is 7.71. The van der Waals surface area contributed by atoms with Gasteiger partial charge in [-0.2, -0.15) is 0 Å². The minimum atomic E-state index is 1.13. The van der Waals surface area contributed by atoms with Crippen LogP contribution in [0.2, 0.25) is 0 Å². The molecule has 0 aliphatic heterocycles. The normalized spacial score (nSPS) is 11.2. The first-order valence-corrected chi connectivity index (χ1v) is 11.1. The third-order valence-electron chi connectivity index (χ3n) is 5.42. The first kappa shape index (κ1) is 22.1. The first-order valence-electron chi connectivity index (χ1n) is 11.1. The van der Waals surface area contributed by atoms with Crippen LogP contribution in [0.1, 0.15) is 115 Å². The summed E-state index contributed by atoms with van der Waals surface area (Å²) in [6, 6.07) is 4.72. The van der Waals surface area contributed by atoms with Gasteiger partial charge in [-0.1, -0.05) is 90.7 Å². The van der Waals surface area contributed by atoms with Crippen LogP contribution in [0.3, 0.4) is 0 Å². The quantitative estimate of drug-likeness (QED) is 0.256. The highest BCUT2D eigenvalue weighted by molar-refractivity contribution is 5.57. The molecule has 0 atom stereocenters. The Labute approximate surface area is 157 Å². The lowest BCUT2D eigenvalue weighted by atomic mass is 9.91. The zero-order valence-electron chi connectivity index (χ0n) is 17.3. The van der Waals surface area contributed by atoms with E-state index in [1.807, 2.05) is 0 Å².